The van der Waals surface area contributed by atoms with Crippen LogP contribution in [0.1, 0.15) is 73.3 Å². The van der Waals surface area contributed by atoms with Gasteiger partial charge in [-0.1, -0.05) is 36.8 Å². The van der Waals surface area contributed by atoms with Crippen molar-refractivity contribution in [2.75, 3.05) is 13.1 Å². The first-order valence-electron chi connectivity index (χ1n) is 14.3. The van der Waals surface area contributed by atoms with E-state index >= 15 is 0 Å². The first-order chi connectivity index (χ1) is 18.7. The largest absolute Gasteiger partial charge is 0.464 e. The predicted octanol–water partition coefficient (Wildman–Crippen LogP) is 7.35. The quantitative estimate of drug-likeness (QED) is 0.284. The molecule has 0 bridgehead atoms. The predicted molar refractivity (Wildman–Crippen MR) is 151 cm³/mol. The third-order valence-electron chi connectivity index (χ3n) is 8.60. The van der Waals surface area contributed by atoms with Crippen LogP contribution in [0.3, 0.4) is 0 Å². The molecule has 196 valence electrons. The number of amides is 1. The van der Waals surface area contributed by atoms with Gasteiger partial charge in [-0.05, 0) is 105 Å². The highest BCUT2D eigenvalue weighted by Gasteiger charge is 2.28. The number of carbonyl (C=O) groups is 1. The fourth-order valence-corrected chi connectivity index (χ4v) is 6.36. The van der Waals surface area contributed by atoms with E-state index in [9.17, 15) is 4.79 Å². The lowest BCUT2D eigenvalue weighted by Crippen LogP contribution is -2.39. The Morgan fingerprint density at radius 2 is 1.76 bits per heavy atom. The van der Waals surface area contributed by atoms with Gasteiger partial charge in [0.2, 0.25) is 0 Å². The third-order valence-corrected chi connectivity index (χ3v) is 8.60. The number of pyridine rings is 1. The molecule has 2 fully saturated rings. The van der Waals surface area contributed by atoms with Crippen molar-refractivity contribution in [3.63, 3.8) is 0 Å². The highest BCUT2D eigenvalue weighted by atomic mass is 16.3. The maximum atomic E-state index is 12.9. The van der Waals surface area contributed by atoms with Gasteiger partial charge in [0.05, 0.1) is 6.26 Å². The van der Waals surface area contributed by atoms with Crippen molar-refractivity contribution in [1.29, 1.82) is 0 Å². The van der Waals surface area contributed by atoms with Crippen molar-refractivity contribution in [3.05, 3.63) is 90.4 Å². The number of aromatic nitrogens is 1. The first-order valence-corrected chi connectivity index (χ1v) is 14.3. The number of hydrogen-bond acceptors (Lipinski definition) is 4. The zero-order chi connectivity index (χ0) is 25.7. The van der Waals surface area contributed by atoms with Crippen LogP contribution < -0.4 is 5.32 Å². The van der Waals surface area contributed by atoms with Crippen LogP contribution in [0, 0.1) is 5.92 Å². The number of piperidine rings is 1. The van der Waals surface area contributed by atoms with Gasteiger partial charge in [0, 0.05) is 41.2 Å². The lowest BCUT2D eigenvalue weighted by molar-refractivity contribution is 0.0915. The van der Waals surface area contributed by atoms with Crippen LogP contribution in [0.25, 0.3) is 22.5 Å². The standard InChI is InChI=1S/C33H37N3O2/c37-33(26-13-11-25(12-14-26)28-6-4-18-34-22-28)35-30-15-9-24(10-16-30)17-20-36-19-2-1-7-31(36)29-21-27-5-3-8-32(27)38-23-29/h3-6,8,11-14,18,21-24,30-31H,1-2,7,9-10,15-17,19-20H2,(H,35,37). The molecule has 1 saturated heterocycles. The van der Waals surface area contributed by atoms with E-state index in [4.69, 9.17) is 4.42 Å². The Labute approximate surface area is 225 Å². The summed E-state index contributed by atoms with van der Waals surface area (Å²) in [4.78, 5) is 19.7. The van der Waals surface area contributed by atoms with Gasteiger partial charge in [-0.25, -0.2) is 0 Å². The number of nitrogens with zero attached hydrogens (tertiary/aromatic N) is 2. The van der Waals surface area contributed by atoms with Gasteiger partial charge in [-0.2, -0.15) is 0 Å². The summed E-state index contributed by atoms with van der Waals surface area (Å²) >= 11 is 0. The van der Waals surface area contributed by atoms with Crippen molar-refractivity contribution < 1.29 is 9.21 Å². The molecule has 38 heavy (non-hydrogen) atoms. The number of benzene rings is 1. The third kappa shape index (κ3) is 5.68. The van der Waals surface area contributed by atoms with Crippen LogP contribution in [0.4, 0.5) is 0 Å². The highest BCUT2D eigenvalue weighted by molar-refractivity contribution is 5.94. The van der Waals surface area contributed by atoms with E-state index in [1.54, 1.807) is 6.20 Å². The fourth-order valence-electron chi connectivity index (χ4n) is 6.36. The Balaban J connectivity index is 0.981. The van der Waals surface area contributed by atoms with Gasteiger partial charge in [-0.15, -0.1) is 0 Å². The zero-order valence-electron chi connectivity index (χ0n) is 22.0. The Bertz CT molecular complexity index is 1290. The minimum absolute atomic E-state index is 0.0366. The number of carbonyl (C=O) groups excluding carboxylic acids is 1. The molecule has 2 aliphatic carbocycles. The summed E-state index contributed by atoms with van der Waals surface area (Å²) in [5.41, 5.74) is 5.39. The molecule has 1 atom stereocenters. The van der Waals surface area contributed by atoms with Crippen LogP contribution in [0.2, 0.25) is 0 Å². The summed E-state index contributed by atoms with van der Waals surface area (Å²) in [7, 11) is 0. The molecule has 2 aliphatic heterocycles. The lowest BCUT2D eigenvalue weighted by atomic mass is 9.83. The van der Waals surface area contributed by atoms with Gasteiger partial charge in [0.15, 0.2) is 0 Å². The molecule has 1 amide bonds. The summed E-state index contributed by atoms with van der Waals surface area (Å²) in [6, 6.07) is 21.1. The van der Waals surface area contributed by atoms with E-state index in [1.807, 2.05) is 54.9 Å². The van der Waals surface area contributed by atoms with Gasteiger partial charge < -0.3 is 9.73 Å². The van der Waals surface area contributed by atoms with Gasteiger partial charge in [0.1, 0.15) is 5.76 Å². The van der Waals surface area contributed by atoms with E-state index in [0.29, 0.717) is 6.04 Å². The molecule has 4 aliphatic rings. The Morgan fingerprint density at radius 3 is 2.58 bits per heavy atom. The molecule has 5 nitrogen and oxygen atoms in total. The summed E-state index contributed by atoms with van der Waals surface area (Å²) < 4.78 is 5.92. The smallest absolute Gasteiger partial charge is 0.251 e. The van der Waals surface area contributed by atoms with Crippen LogP contribution in [-0.2, 0) is 0 Å². The molecule has 5 heteroatoms. The fraction of sp³-hybridized carbons (Fsp3) is 0.394. The van der Waals surface area contributed by atoms with Crippen molar-refractivity contribution in [2.45, 2.75) is 63.5 Å². The second-order valence-electron chi connectivity index (χ2n) is 11.1. The van der Waals surface area contributed by atoms with Crippen molar-refractivity contribution in [2.24, 2.45) is 5.92 Å². The lowest BCUT2D eigenvalue weighted by Gasteiger charge is -2.37. The van der Waals surface area contributed by atoms with E-state index < -0.39 is 0 Å². The monoisotopic (exact) mass is 507 g/mol. The number of hydrogen-bond donors (Lipinski definition) is 1. The van der Waals surface area contributed by atoms with Gasteiger partial charge in [0.25, 0.3) is 5.91 Å². The summed E-state index contributed by atoms with van der Waals surface area (Å²) in [5, 5.41) is 3.29. The minimum atomic E-state index is 0.0366. The average Bonchev–Trinajstić information content (AvgIpc) is 3.46. The summed E-state index contributed by atoms with van der Waals surface area (Å²) in [6.07, 6.45) is 15.1. The maximum absolute atomic E-state index is 12.9. The second kappa shape index (κ2) is 11.5. The molecule has 1 N–H and O–H groups in total. The topological polar surface area (TPSA) is 58.4 Å². The molecule has 1 unspecified atom stereocenters. The molecular weight excluding hydrogens is 470 g/mol. The van der Waals surface area contributed by atoms with E-state index in [1.165, 1.54) is 56.2 Å². The molecule has 6 rings (SSSR count). The van der Waals surface area contributed by atoms with Crippen LogP contribution in [0.15, 0.2) is 83.7 Å². The molecule has 0 spiro atoms. The Hall–Kier alpha value is -3.44. The normalized spacial score (nSPS) is 22.4. The molecule has 1 saturated carbocycles. The van der Waals surface area contributed by atoms with Crippen LogP contribution in [0.5, 0.6) is 0 Å². The van der Waals surface area contributed by atoms with E-state index in [2.05, 4.69) is 33.4 Å². The number of likely N-dealkylation sites (tertiary alicyclic amines) is 1. The molecule has 3 heterocycles. The average molecular weight is 508 g/mol. The summed E-state index contributed by atoms with van der Waals surface area (Å²) in [5.74, 6) is 1.75. The molecule has 2 aromatic rings. The Kier molecular flexibility index (Phi) is 7.54. The van der Waals surface area contributed by atoms with E-state index in [0.717, 1.165) is 47.8 Å². The highest BCUT2D eigenvalue weighted by Crippen LogP contribution is 2.36. The van der Waals surface area contributed by atoms with Crippen molar-refractivity contribution in [1.82, 2.24) is 15.2 Å². The number of rotatable bonds is 7. The van der Waals surface area contributed by atoms with Crippen LogP contribution >= 0.6 is 0 Å². The minimum Gasteiger partial charge on any atom is -0.464 e. The SMILES string of the molecule is O=C(NC1CCC(CCN2CCCCC2c2coc3cccc-3c2)CC1)c1ccc(-c2cccnc2)cc1. The van der Waals surface area contributed by atoms with Crippen LogP contribution in [-0.4, -0.2) is 34.9 Å². The van der Waals surface area contributed by atoms with Crippen molar-refractivity contribution in [3.8, 4) is 22.5 Å². The van der Waals surface area contributed by atoms with Gasteiger partial charge >= 0.3 is 0 Å². The van der Waals surface area contributed by atoms with E-state index in [-0.39, 0.29) is 11.9 Å². The first kappa shape index (κ1) is 24.9. The summed E-state index contributed by atoms with van der Waals surface area (Å²) in [6.45, 7) is 2.32. The molecular formula is C33H37N3O2. The Morgan fingerprint density at radius 1 is 0.921 bits per heavy atom. The zero-order valence-corrected chi connectivity index (χ0v) is 22.0. The van der Waals surface area contributed by atoms with Gasteiger partial charge in [-0.3, -0.25) is 14.7 Å². The number of fused-ring (bicyclic) bond motifs is 1. The molecule has 1 aromatic heterocycles. The second-order valence-corrected chi connectivity index (χ2v) is 11.1. The van der Waals surface area contributed by atoms with Crippen molar-refractivity contribution >= 4 is 5.91 Å². The maximum Gasteiger partial charge on any atom is 0.251 e. The molecule has 1 aromatic carbocycles. The molecule has 0 radical (unpaired) electrons. The number of nitrogens with one attached hydrogen (secondary N) is 1.